The van der Waals surface area contributed by atoms with Crippen molar-refractivity contribution in [1.29, 1.82) is 0 Å². The summed E-state index contributed by atoms with van der Waals surface area (Å²) >= 11 is 0. The van der Waals surface area contributed by atoms with Crippen LogP contribution in [0.25, 0.3) is 0 Å². The van der Waals surface area contributed by atoms with E-state index in [1.54, 1.807) is 6.20 Å². The van der Waals surface area contributed by atoms with Gasteiger partial charge in [0.2, 0.25) is 0 Å². The van der Waals surface area contributed by atoms with Crippen molar-refractivity contribution < 1.29 is 4.74 Å². The van der Waals surface area contributed by atoms with Crippen LogP contribution in [0.15, 0.2) is 59.9 Å². The van der Waals surface area contributed by atoms with E-state index in [9.17, 15) is 0 Å². The zero-order valence-electron chi connectivity index (χ0n) is 19.7. The van der Waals surface area contributed by atoms with E-state index in [0.717, 1.165) is 41.7 Å². The van der Waals surface area contributed by atoms with Crippen LogP contribution < -0.4 is 10.1 Å². The highest BCUT2D eigenvalue weighted by Crippen LogP contribution is 2.19. The van der Waals surface area contributed by atoms with Crippen LogP contribution in [0.4, 0.5) is 0 Å². The summed E-state index contributed by atoms with van der Waals surface area (Å²) in [5.74, 6) is 2.07. The van der Waals surface area contributed by atoms with E-state index < -0.39 is 0 Å². The van der Waals surface area contributed by atoms with Crippen LogP contribution in [0, 0.1) is 0 Å². The molecule has 0 spiro atoms. The van der Waals surface area contributed by atoms with E-state index in [2.05, 4.69) is 60.4 Å². The average Bonchev–Trinajstić information content (AvgIpc) is 3.16. The standard InChI is InChI=1S/C25H34N6O/c1-6-26-25(30(4)16-21-17-31(5)29-24(21)19(2)3)28-15-20-10-9-12-23(14-20)32-18-22-11-7-8-13-27-22/h7-14,17,19H,6,15-16,18H2,1-5H3,(H,26,28). The number of aryl methyl sites for hydroxylation is 1. The molecule has 0 saturated carbocycles. The molecule has 0 radical (unpaired) electrons. The van der Waals surface area contributed by atoms with E-state index in [4.69, 9.17) is 9.73 Å². The molecule has 1 N–H and O–H groups in total. The fourth-order valence-corrected chi connectivity index (χ4v) is 3.50. The van der Waals surface area contributed by atoms with Crippen LogP contribution in [0.5, 0.6) is 5.75 Å². The molecule has 0 unspecified atom stereocenters. The molecule has 7 nitrogen and oxygen atoms in total. The lowest BCUT2D eigenvalue weighted by atomic mass is 10.1. The number of guanidine groups is 1. The second-order valence-corrected chi connectivity index (χ2v) is 8.15. The summed E-state index contributed by atoms with van der Waals surface area (Å²) in [7, 11) is 4.03. The highest BCUT2D eigenvalue weighted by atomic mass is 16.5. The number of nitrogens with one attached hydrogen (secondary N) is 1. The molecule has 170 valence electrons. The fourth-order valence-electron chi connectivity index (χ4n) is 3.50. The molecule has 0 saturated heterocycles. The SMILES string of the molecule is CCNC(=NCc1cccc(OCc2ccccn2)c1)N(C)Cc1cn(C)nc1C(C)C. The molecule has 2 aromatic heterocycles. The zero-order chi connectivity index (χ0) is 22.9. The minimum Gasteiger partial charge on any atom is -0.487 e. The molecule has 0 atom stereocenters. The van der Waals surface area contributed by atoms with Crippen LogP contribution in [0.1, 0.15) is 49.2 Å². The Hall–Kier alpha value is -3.35. The van der Waals surface area contributed by atoms with Gasteiger partial charge in [-0.1, -0.05) is 32.0 Å². The van der Waals surface area contributed by atoms with Gasteiger partial charge in [0.25, 0.3) is 0 Å². The van der Waals surface area contributed by atoms with Crippen LogP contribution in [-0.2, 0) is 26.7 Å². The van der Waals surface area contributed by atoms with Crippen molar-refractivity contribution in [1.82, 2.24) is 25.0 Å². The summed E-state index contributed by atoms with van der Waals surface area (Å²) in [6, 6.07) is 13.9. The lowest BCUT2D eigenvalue weighted by Crippen LogP contribution is -2.38. The number of rotatable bonds is 9. The highest BCUT2D eigenvalue weighted by molar-refractivity contribution is 5.79. The summed E-state index contributed by atoms with van der Waals surface area (Å²) in [5.41, 5.74) is 4.35. The van der Waals surface area contributed by atoms with Crippen LogP contribution >= 0.6 is 0 Å². The van der Waals surface area contributed by atoms with Crippen LogP contribution in [-0.4, -0.2) is 39.2 Å². The predicted molar refractivity (Wildman–Crippen MR) is 129 cm³/mol. The third kappa shape index (κ3) is 6.57. The maximum Gasteiger partial charge on any atom is 0.194 e. The van der Waals surface area contributed by atoms with Gasteiger partial charge in [-0.25, -0.2) is 4.99 Å². The second-order valence-electron chi connectivity index (χ2n) is 8.15. The number of nitrogens with zero attached hydrogens (tertiary/aromatic N) is 5. The molecule has 32 heavy (non-hydrogen) atoms. The minimum absolute atomic E-state index is 0.382. The van der Waals surface area contributed by atoms with Crippen molar-refractivity contribution in [3.8, 4) is 5.75 Å². The smallest absolute Gasteiger partial charge is 0.194 e. The first-order chi connectivity index (χ1) is 15.5. The van der Waals surface area contributed by atoms with Gasteiger partial charge in [-0.3, -0.25) is 9.67 Å². The van der Waals surface area contributed by atoms with E-state index in [1.807, 2.05) is 48.1 Å². The van der Waals surface area contributed by atoms with E-state index in [-0.39, 0.29) is 0 Å². The summed E-state index contributed by atoms with van der Waals surface area (Å²) in [6.45, 7) is 9.00. The van der Waals surface area contributed by atoms with Gasteiger partial charge in [0.05, 0.1) is 17.9 Å². The largest absolute Gasteiger partial charge is 0.487 e. The molecule has 0 fully saturated rings. The average molecular weight is 435 g/mol. The number of aliphatic imine (C=N–C) groups is 1. The Bertz CT molecular complexity index is 1010. The number of ether oxygens (including phenoxy) is 1. The van der Waals surface area contributed by atoms with Crippen LogP contribution in [0.3, 0.4) is 0 Å². The Morgan fingerprint density at radius 2 is 2.06 bits per heavy atom. The lowest BCUT2D eigenvalue weighted by molar-refractivity contribution is 0.301. The van der Waals surface area contributed by atoms with Gasteiger partial charge >= 0.3 is 0 Å². The fraction of sp³-hybridized carbons (Fsp3) is 0.400. The molecule has 3 rings (SSSR count). The monoisotopic (exact) mass is 434 g/mol. The molecule has 0 aliphatic heterocycles. The summed E-state index contributed by atoms with van der Waals surface area (Å²) in [5, 5.41) is 8.02. The van der Waals surface area contributed by atoms with Crippen molar-refractivity contribution in [3.63, 3.8) is 0 Å². The Labute approximate surface area is 191 Å². The van der Waals surface area contributed by atoms with Gasteiger partial charge in [-0.05, 0) is 42.7 Å². The Balaban J connectivity index is 1.66. The topological polar surface area (TPSA) is 67.6 Å². The molecule has 3 aromatic rings. The third-order valence-corrected chi connectivity index (χ3v) is 5.01. The number of aromatic nitrogens is 3. The first-order valence-corrected chi connectivity index (χ1v) is 11.1. The van der Waals surface area contributed by atoms with Crippen molar-refractivity contribution in [3.05, 3.63) is 77.4 Å². The van der Waals surface area contributed by atoms with E-state index in [1.165, 1.54) is 5.56 Å². The highest BCUT2D eigenvalue weighted by Gasteiger charge is 2.15. The third-order valence-electron chi connectivity index (χ3n) is 5.01. The number of benzene rings is 1. The van der Waals surface area contributed by atoms with Gasteiger partial charge < -0.3 is 15.0 Å². The van der Waals surface area contributed by atoms with Gasteiger partial charge in [0.1, 0.15) is 12.4 Å². The maximum absolute atomic E-state index is 5.91. The van der Waals surface area contributed by atoms with Gasteiger partial charge in [0.15, 0.2) is 5.96 Å². The Kier molecular flexibility index (Phi) is 8.25. The lowest BCUT2D eigenvalue weighted by Gasteiger charge is -2.22. The van der Waals surface area contributed by atoms with Crippen LogP contribution in [0.2, 0.25) is 0 Å². The molecule has 1 aromatic carbocycles. The van der Waals surface area contributed by atoms with Gasteiger partial charge in [-0.15, -0.1) is 0 Å². The predicted octanol–water partition coefficient (Wildman–Crippen LogP) is 4.12. The molecular formula is C25H34N6O. The van der Waals surface area contributed by atoms with Crippen molar-refractivity contribution >= 4 is 5.96 Å². The minimum atomic E-state index is 0.382. The number of hydrogen-bond acceptors (Lipinski definition) is 4. The second kappa shape index (κ2) is 11.3. The normalized spacial score (nSPS) is 11.6. The first kappa shape index (κ1) is 23.3. The molecule has 0 bridgehead atoms. The summed E-state index contributed by atoms with van der Waals surface area (Å²) in [6.07, 6.45) is 3.87. The van der Waals surface area contributed by atoms with Crippen molar-refractivity contribution in [2.24, 2.45) is 12.0 Å². The maximum atomic E-state index is 5.91. The van der Waals surface area contributed by atoms with E-state index in [0.29, 0.717) is 19.1 Å². The molecule has 2 heterocycles. The molecule has 0 aliphatic rings. The molecular weight excluding hydrogens is 400 g/mol. The summed E-state index contributed by atoms with van der Waals surface area (Å²) < 4.78 is 7.79. The Morgan fingerprint density at radius 1 is 1.22 bits per heavy atom. The molecule has 0 aliphatic carbocycles. The zero-order valence-corrected chi connectivity index (χ0v) is 19.7. The molecule has 0 amide bonds. The first-order valence-electron chi connectivity index (χ1n) is 11.1. The van der Waals surface area contributed by atoms with Crippen molar-refractivity contribution in [2.45, 2.75) is 46.4 Å². The summed E-state index contributed by atoms with van der Waals surface area (Å²) in [4.78, 5) is 11.3. The van der Waals surface area contributed by atoms with E-state index >= 15 is 0 Å². The molecule has 7 heteroatoms. The number of pyridine rings is 1. The Morgan fingerprint density at radius 3 is 2.78 bits per heavy atom. The number of hydrogen-bond donors (Lipinski definition) is 1. The quantitative estimate of drug-likeness (QED) is 0.405. The van der Waals surface area contributed by atoms with Gasteiger partial charge in [0, 0.05) is 45.1 Å². The van der Waals surface area contributed by atoms with Crippen molar-refractivity contribution in [2.75, 3.05) is 13.6 Å². The van der Waals surface area contributed by atoms with Gasteiger partial charge in [-0.2, -0.15) is 5.10 Å².